The monoisotopic (exact) mass is 291 g/mol. The summed E-state index contributed by atoms with van der Waals surface area (Å²) in [7, 11) is 0. The van der Waals surface area contributed by atoms with Gasteiger partial charge >= 0.3 is 0 Å². The van der Waals surface area contributed by atoms with Gasteiger partial charge in [-0.1, -0.05) is 18.5 Å². The topological polar surface area (TPSA) is 47.3 Å². The molecule has 1 amide bonds. The Morgan fingerprint density at radius 1 is 1.30 bits per heavy atom. The van der Waals surface area contributed by atoms with Crippen LogP contribution in [0.15, 0.2) is 24.3 Å². The van der Waals surface area contributed by atoms with E-state index < -0.39 is 0 Å². The fourth-order valence-electron chi connectivity index (χ4n) is 2.44. The first-order valence-corrected chi connectivity index (χ1v) is 7.22. The van der Waals surface area contributed by atoms with Gasteiger partial charge in [-0.25, -0.2) is 0 Å². The number of carbonyl (C=O) groups excluding carboxylic acids is 1. The largest absolute Gasteiger partial charge is 0.336 e. The molecule has 0 aliphatic carbocycles. The average molecular weight is 292 g/mol. The maximum Gasteiger partial charge on any atom is 0.253 e. The lowest BCUT2D eigenvalue weighted by atomic mass is 10.1. The minimum Gasteiger partial charge on any atom is -0.336 e. The Morgan fingerprint density at radius 3 is 2.40 bits per heavy atom. The van der Waals surface area contributed by atoms with Crippen LogP contribution in [0.5, 0.6) is 0 Å². The predicted molar refractivity (Wildman–Crippen MR) is 78.6 cm³/mol. The summed E-state index contributed by atoms with van der Waals surface area (Å²) >= 11 is 5.83. The predicted octanol–water partition coefficient (Wildman–Crippen LogP) is 2.40. The van der Waals surface area contributed by atoms with Crippen molar-refractivity contribution in [1.29, 1.82) is 5.26 Å². The van der Waals surface area contributed by atoms with Gasteiger partial charge in [-0.05, 0) is 30.7 Å². The lowest BCUT2D eigenvalue weighted by Gasteiger charge is -2.36. The Kier molecular flexibility index (Phi) is 4.99. The van der Waals surface area contributed by atoms with Crippen molar-refractivity contribution in [3.05, 3.63) is 34.9 Å². The Labute approximate surface area is 124 Å². The first-order valence-electron chi connectivity index (χ1n) is 6.84. The highest BCUT2D eigenvalue weighted by molar-refractivity contribution is 6.30. The van der Waals surface area contributed by atoms with Gasteiger partial charge in [-0.15, -0.1) is 0 Å². The molecule has 20 heavy (non-hydrogen) atoms. The summed E-state index contributed by atoms with van der Waals surface area (Å²) in [4.78, 5) is 16.3. The number of piperazine rings is 1. The number of amides is 1. The molecule has 0 radical (unpaired) electrons. The quantitative estimate of drug-likeness (QED) is 0.859. The number of hydrogen-bond donors (Lipinski definition) is 0. The second-order valence-corrected chi connectivity index (χ2v) is 5.32. The van der Waals surface area contributed by atoms with Crippen LogP contribution in [-0.4, -0.2) is 47.9 Å². The molecule has 1 saturated heterocycles. The Balaban J connectivity index is 1.95. The number of benzene rings is 1. The number of carbonyl (C=O) groups is 1. The normalized spacial score (nSPS) is 17.6. The minimum atomic E-state index is -0.0391. The first-order chi connectivity index (χ1) is 9.65. The number of nitrogens with zero attached hydrogens (tertiary/aromatic N) is 3. The van der Waals surface area contributed by atoms with E-state index in [1.54, 1.807) is 24.3 Å². The molecule has 106 valence electrons. The zero-order valence-electron chi connectivity index (χ0n) is 11.6. The van der Waals surface area contributed by atoms with Crippen molar-refractivity contribution in [2.24, 2.45) is 0 Å². The number of rotatable bonds is 3. The Hall–Kier alpha value is -1.57. The summed E-state index contributed by atoms with van der Waals surface area (Å²) in [5.41, 5.74) is 0.662. The van der Waals surface area contributed by atoms with Crippen molar-refractivity contribution in [2.45, 2.75) is 19.4 Å². The third-order valence-corrected chi connectivity index (χ3v) is 3.92. The molecule has 1 unspecified atom stereocenters. The number of hydrogen-bond acceptors (Lipinski definition) is 3. The van der Waals surface area contributed by atoms with Gasteiger partial charge in [0.2, 0.25) is 0 Å². The summed E-state index contributed by atoms with van der Waals surface area (Å²) in [6, 6.07) is 9.23. The molecule has 1 aromatic rings. The van der Waals surface area contributed by atoms with Crippen LogP contribution in [0.1, 0.15) is 23.7 Å². The Morgan fingerprint density at radius 2 is 1.90 bits per heavy atom. The van der Waals surface area contributed by atoms with Gasteiger partial charge < -0.3 is 4.90 Å². The van der Waals surface area contributed by atoms with Crippen molar-refractivity contribution in [2.75, 3.05) is 26.2 Å². The molecule has 1 aliphatic rings. The van der Waals surface area contributed by atoms with Gasteiger partial charge in [-0.3, -0.25) is 9.69 Å². The SMILES string of the molecule is CCC(C#N)N1CCN(C(=O)c2ccc(Cl)cc2)CC1. The molecule has 1 atom stereocenters. The fourth-order valence-corrected chi connectivity index (χ4v) is 2.57. The molecule has 0 N–H and O–H groups in total. The maximum absolute atomic E-state index is 12.3. The minimum absolute atomic E-state index is 0.0336. The molecule has 1 fully saturated rings. The van der Waals surface area contributed by atoms with E-state index in [0.717, 1.165) is 19.5 Å². The summed E-state index contributed by atoms with van der Waals surface area (Å²) in [5, 5.41) is 9.70. The molecule has 4 nitrogen and oxygen atoms in total. The number of halogens is 1. The second-order valence-electron chi connectivity index (χ2n) is 4.89. The fraction of sp³-hybridized carbons (Fsp3) is 0.467. The first kappa shape index (κ1) is 14.8. The van der Waals surface area contributed by atoms with Crippen LogP contribution >= 0.6 is 11.6 Å². The van der Waals surface area contributed by atoms with Gasteiger partial charge in [0.05, 0.1) is 12.1 Å². The van der Waals surface area contributed by atoms with Gasteiger partial charge in [0, 0.05) is 36.8 Å². The van der Waals surface area contributed by atoms with Crippen LogP contribution < -0.4 is 0 Å². The van der Waals surface area contributed by atoms with Crippen LogP contribution in [0, 0.1) is 11.3 Å². The van der Waals surface area contributed by atoms with Crippen molar-refractivity contribution in [3.63, 3.8) is 0 Å². The van der Waals surface area contributed by atoms with E-state index in [-0.39, 0.29) is 11.9 Å². The van der Waals surface area contributed by atoms with Crippen LogP contribution in [0.2, 0.25) is 5.02 Å². The van der Waals surface area contributed by atoms with Gasteiger partial charge in [-0.2, -0.15) is 5.26 Å². The summed E-state index contributed by atoms with van der Waals surface area (Å²) in [5.74, 6) is 0.0336. The standard InChI is InChI=1S/C15H18ClN3O/c1-2-14(11-17)18-7-9-19(10-8-18)15(20)12-3-5-13(16)6-4-12/h3-6,14H,2,7-10H2,1H3. The molecule has 1 heterocycles. The third kappa shape index (κ3) is 3.30. The molecule has 0 aromatic heterocycles. The third-order valence-electron chi connectivity index (χ3n) is 3.67. The van der Waals surface area contributed by atoms with Crippen molar-refractivity contribution >= 4 is 17.5 Å². The van der Waals surface area contributed by atoms with Crippen molar-refractivity contribution in [3.8, 4) is 6.07 Å². The van der Waals surface area contributed by atoms with E-state index in [4.69, 9.17) is 16.9 Å². The average Bonchev–Trinajstić information content (AvgIpc) is 2.49. The van der Waals surface area contributed by atoms with Crippen LogP contribution in [-0.2, 0) is 0 Å². The van der Waals surface area contributed by atoms with Gasteiger partial charge in [0.15, 0.2) is 0 Å². The van der Waals surface area contributed by atoms with E-state index in [0.29, 0.717) is 23.7 Å². The summed E-state index contributed by atoms with van der Waals surface area (Å²) in [6.07, 6.45) is 0.821. The molecule has 1 aromatic carbocycles. The highest BCUT2D eigenvalue weighted by Gasteiger charge is 2.25. The van der Waals surface area contributed by atoms with Crippen LogP contribution in [0.3, 0.4) is 0 Å². The van der Waals surface area contributed by atoms with Crippen LogP contribution in [0.25, 0.3) is 0 Å². The molecule has 1 aliphatic heterocycles. The van der Waals surface area contributed by atoms with Gasteiger partial charge in [0.25, 0.3) is 5.91 Å². The van der Waals surface area contributed by atoms with E-state index in [1.165, 1.54) is 0 Å². The summed E-state index contributed by atoms with van der Waals surface area (Å²) < 4.78 is 0. The summed E-state index contributed by atoms with van der Waals surface area (Å²) in [6.45, 7) is 4.86. The van der Waals surface area contributed by atoms with E-state index in [2.05, 4.69) is 11.0 Å². The molecule has 2 rings (SSSR count). The Bertz CT molecular complexity index is 501. The molecule has 5 heteroatoms. The maximum atomic E-state index is 12.3. The smallest absolute Gasteiger partial charge is 0.253 e. The number of nitriles is 1. The molecular weight excluding hydrogens is 274 g/mol. The van der Waals surface area contributed by atoms with E-state index in [9.17, 15) is 4.79 Å². The van der Waals surface area contributed by atoms with Crippen LogP contribution in [0.4, 0.5) is 0 Å². The van der Waals surface area contributed by atoms with Crippen molar-refractivity contribution in [1.82, 2.24) is 9.80 Å². The highest BCUT2D eigenvalue weighted by atomic mass is 35.5. The molecule has 0 bridgehead atoms. The molecule has 0 spiro atoms. The molecular formula is C15H18ClN3O. The zero-order chi connectivity index (χ0) is 14.5. The van der Waals surface area contributed by atoms with Gasteiger partial charge in [0.1, 0.15) is 0 Å². The zero-order valence-corrected chi connectivity index (χ0v) is 12.3. The van der Waals surface area contributed by atoms with Crippen molar-refractivity contribution < 1.29 is 4.79 Å². The second kappa shape index (κ2) is 6.74. The van der Waals surface area contributed by atoms with E-state index in [1.807, 2.05) is 11.8 Å². The van der Waals surface area contributed by atoms with E-state index >= 15 is 0 Å². The molecule has 0 saturated carbocycles. The lowest BCUT2D eigenvalue weighted by molar-refractivity contribution is 0.0604. The lowest BCUT2D eigenvalue weighted by Crippen LogP contribution is -2.51. The highest BCUT2D eigenvalue weighted by Crippen LogP contribution is 2.14.